The number of likely N-dealkylation sites (tertiary alicyclic amines) is 1. The molecule has 1 aromatic carbocycles. The van der Waals surface area contributed by atoms with Gasteiger partial charge in [0.1, 0.15) is 5.69 Å². The van der Waals surface area contributed by atoms with Crippen LogP contribution in [-0.4, -0.2) is 57.0 Å². The third-order valence-corrected chi connectivity index (χ3v) is 5.73. The van der Waals surface area contributed by atoms with Crippen LogP contribution in [0.15, 0.2) is 18.3 Å². The van der Waals surface area contributed by atoms with Crippen molar-refractivity contribution in [3.05, 3.63) is 41.5 Å². The summed E-state index contributed by atoms with van der Waals surface area (Å²) in [7, 11) is 0. The Morgan fingerprint density at radius 1 is 1.19 bits per heavy atom. The molecule has 1 fully saturated rings. The third kappa shape index (κ3) is 7.56. The van der Waals surface area contributed by atoms with Gasteiger partial charge in [-0.3, -0.25) is 14.4 Å². The van der Waals surface area contributed by atoms with E-state index in [9.17, 15) is 36.3 Å². The van der Waals surface area contributed by atoms with Crippen molar-refractivity contribution in [2.45, 2.75) is 52.1 Å². The highest BCUT2D eigenvalue weighted by Crippen LogP contribution is 2.28. The minimum atomic E-state index is -2.82. The van der Waals surface area contributed by atoms with E-state index < -0.39 is 65.5 Å². The van der Waals surface area contributed by atoms with Gasteiger partial charge in [0.15, 0.2) is 17.5 Å². The van der Waals surface area contributed by atoms with Crippen LogP contribution in [0.25, 0.3) is 0 Å². The molecule has 0 unspecified atom stereocenters. The maximum atomic E-state index is 13.4. The van der Waals surface area contributed by atoms with E-state index in [-0.39, 0.29) is 58.8 Å². The number of hydrogen-bond donors (Lipinski definition) is 3. The number of nitrogens with zero attached hydrogens (tertiary/aromatic N) is 3. The van der Waals surface area contributed by atoms with Gasteiger partial charge in [-0.05, 0) is 20.3 Å². The Hall–Kier alpha value is -2.88. The van der Waals surface area contributed by atoms with Crippen LogP contribution in [0.3, 0.4) is 0 Å². The number of aromatic nitrogens is 3. The smallest absolute Gasteiger partial charge is 0.312 e. The molecule has 1 aromatic heterocycles. The molecule has 3 N–H and O–H groups in total. The van der Waals surface area contributed by atoms with E-state index in [1.807, 2.05) is 0 Å². The first-order chi connectivity index (χ1) is 15.9. The van der Waals surface area contributed by atoms with Gasteiger partial charge in [0.05, 0.1) is 17.7 Å². The number of amides is 3. The molecule has 37 heavy (non-hydrogen) atoms. The van der Waals surface area contributed by atoms with Gasteiger partial charge in [-0.1, -0.05) is 7.43 Å². The third-order valence-electron chi connectivity index (χ3n) is 5.73. The van der Waals surface area contributed by atoms with Gasteiger partial charge < -0.3 is 15.5 Å². The Morgan fingerprint density at radius 3 is 2.30 bits per heavy atom. The summed E-state index contributed by atoms with van der Waals surface area (Å²) >= 11 is 0. The molecule has 0 saturated carbocycles. The largest absolute Gasteiger partial charge is 0.337 e. The Labute approximate surface area is 223 Å². The second-order valence-electron chi connectivity index (χ2n) is 8.11. The molecule has 3 rings (SSSR count). The number of carbonyl (C=O) groups is 3. The van der Waals surface area contributed by atoms with Crippen LogP contribution < -0.4 is 10.6 Å². The molecular formula is C21H29F5N6O3S2. The highest BCUT2D eigenvalue weighted by atomic mass is 32.1. The monoisotopic (exact) mass is 572 g/mol. The van der Waals surface area contributed by atoms with Crippen molar-refractivity contribution < 1.29 is 36.3 Å². The predicted molar refractivity (Wildman–Crippen MR) is 134 cm³/mol. The molecule has 3 amide bonds. The molecular weight excluding hydrogens is 543 g/mol. The lowest BCUT2D eigenvalue weighted by atomic mass is 9.94. The van der Waals surface area contributed by atoms with E-state index in [4.69, 9.17) is 0 Å². The molecule has 3 atom stereocenters. The summed E-state index contributed by atoms with van der Waals surface area (Å²) < 4.78 is 66.1. The average Bonchev–Trinajstić information content (AvgIpc) is 3.41. The second-order valence-corrected chi connectivity index (χ2v) is 8.11. The van der Waals surface area contributed by atoms with E-state index in [1.165, 1.54) is 13.8 Å². The van der Waals surface area contributed by atoms with Crippen molar-refractivity contribution in [1.82, 2.24) is 25.6 Å². The highest BCUT2D eigenvalue weighted by molar-refractivity contribution is 7.59. The summed E-state index contributed by atoms with van der Waals surface area (Å²) in [6.07, 6.45) is -2.38. The van der Waals surface area contributed by atoms with Crippen LogP contribution in [0.2, 0.25) is 0 Å². The fourth-order valence-electron chi connectivity index (χ4n) is 3.87. The number of aromatic amines is 1. The lowest BCUT2D eigenvalue weighted by Crippen LogP contribution is -2.52. The van der Waals surface area contributed by atoms with E-state index in [0.717, 1.165) is 11.1 Å². The lowest BCUT2D eigenvalue weighted by molar-refractivity contribution is -0.148. The number of benzene rings is 1. The second kappa shape index (κ2) is 13.6. The number of carbonyl (C=O) groups excluding carboxylic acids is 3. The number of halogens is 5. The summed E-state index contributed by atoms with van der Waals surface area (Å²) in [5.41, 5.74) is -2.00. The maximum Gasteiger partial charge on any atom is 0.312 e. The van der Waals surface area contributed by atoms with Gasteiger partial charge >= 0.3 is 11.8 Å². The number of alkyl halides is 2. The Kier molecular flexibility index (Phi) is 12.5. The molecule has 9 nitrogen and oxygen atoms in total. The van der Waals surface area contributed by atoms with E-state index >= 15 is 0 Å². The fourth-order valence-corrected chi connectivity index (χ4v) is 3.87. The first-order valence-electron chi connectivity index (χ1n) is 10.2. The average molecular weight is 573 g/mol. The summed E-state index contributed by atoms with van der Waals surface area (Å²) in [6.45, 7) is 2.75. The number of anilines is 1. The van der Waals surface area contributed by atoms with Crippen LogP contribution in [0.1, 0.15) is 39.8 Å². The van der Waals surface area contributed by atoms with Crippen LogP contribution in [0.5, 0.6) is 0 Å². The summed E-state index contributed by atoms with van der Waals surface area (Å²) in [6, 6.07) is 0.418. The van der Waals surface area contributed by atoms with Crippen molar-refractivity contribution in [1.29, 1.82) is 0 Å². The van der Waals surface area contributed by atoms with Crippen molar-refractivity contribution in [3.63, 3.8) is 0 Å². The molecule has 1 aliphatic heterocycles. The summed E-state index contributed by atoms with van der Waals surface area (Å²) in [4.78, 5) is 39.0. The Morgan fingerprint density at radius 2 is 1.78 bits per heavy atom. The molecule has 16 heteroatoms. The summed E-state index contributed by atoms with van der Waals surface area (Å²) in [5, 5.41) is 14.1. The molecule has 0 spiro atoms. The molecule has 2 aromatic rings. The Bertz CT molecular complexity index is 1070. The van der Waals surface area contributed by atoms with Gasteiger partial charge in [-0.25, -0.2) is 22.0 Å². The minimum Gasteiger partial charge on any atom is -0.337 e. The molecule has 0 bridgehead atoms. The van der Waals surface area contributed by atoms with Crippen molar-refractivity contribution in [3.8, 4) is 0 Å². The van der Waals surface area contributed by atoms with Gasteiger partial charge in [0.25, 0.3) is 0 Å². The van der Waals surface area contributed by atoms with Gasteiger partial charge in [0.2, 0.25) is 12.3 Å². The number of nitrogens with one attached hydrogen (secondary N) is 3. The normalized spacial score (nSPS) is 18.1. The van der Waals surface area contributed by atoms with Crippen LogP contribution in [-0.2, 0) is 19.9 Å². The number of rotatable bonds is 6. The zero-order valence-corrected chi connectivity index (χ0v) is 21.0. The molecule has 2 heterocycles. The fraction of sp³-hybridized carbons (Fsp3) is 0.476. The first kappa shape index (κ1) is 34.1. The molecule has 1 aliphatic rings. The lowest BCUT2D eigenvalue weighted by Gasteiger charge is -2.30. The van der Waals surface area contributed by atoms with Crippen LogP contribution in [0, 0.1) is 23.4 Å². The first-order valence-corrected chi connectivity index (χ1v) is 10.2. The summed E-state index contributed by atoms with van der Waals surface area (Å²) in [5.74, 6) is -8.43. The van der Waals surface area contributed by atoms with E-state index in [2.05, 4.69) is 26.0 Å². The predicted octanol–water partition coefficient (Wildman–Crippen LogP) is 2.95. The zero-order chi connectivity index (χ0) is 25.2. The molecule has 1 saturated heterocycles. The minimum absolute atomic E-state index is 0. The standard InChI is InChI=1S/C20H21F5N6O3.CH4.2H2S/c1-9-11(17(32)27-10-5-12(21)16(25)13(22)6-10)3-4-31(9)19(34)18(33)28-20(2,7-15(23)24)14-8-26-30-29-14;;;/h5-6,8-9,11,15H,3-4,7H2,1-2H3,(H,27,32)(H,28,33)(H,26,29,30);1H4;2*1H2/t9-,11-,20+;;;/m0.../s1. The van der Waals surface area contributed by atoms with Crippen LogP contribution >= 0.6 is 27.0 Å². The van der Waals surface area contributed by atoms with Crippen molar-refractivity contribution in [2.24, 2.45) is 5.92 Å². The van der Waals surface area contributed by atoms with E-state index in [0.29, 0.717) is 12.1 Å². The van der Waals surface area contributed by atoms with Gasteiger partial charge in [0, 0.05) is 36.8 Å². The van der Waals surface area contributed by atoms with Gasteiger partial charge in [-0.2, -0.15) is 42.4 Å². The van der Waals surface area contributed by atoms with Gasteiger partial charge in [-0.15, -0.1) is 0 Å². The topological polar surface area (TPSA) is 120 Å². The number of H-pyrrole nitrogens is 1. The Balaban J connectivity index is 0.00000432. The zero-order valence-electron chi connectivity index (χ0n) is 19.0. The van der Waals surface area contributed by atoms with E-state index in [1.54, 1.807) is 0 Å². The highest BCUT2D eigenvalue weighted by Gasteiger charge is 2.42. The molecule has 0 radical (unpaired) electrons. The van der Waals surface area contributed by atoms with Crippen molar-refractivity contribution >= 4 is 50.4 Å². The SMILES string of the molecule is C.C[C@H]1[C@@H](C(=O)Nc2cc(F)c(F)c(F)c2)CCN1C(=O)C(=O)N[C@](C)(CC(F)F)c1cn[nH]n1.S.S. The van der Waals surface area contributed by atoms with Crippen LogP contribution in [0.4, 0.5) is 27.6 Å². The quantitative estimate of drug-likeness (QED) is 0.279. The molecule has 208 valence electrons. The molecule has 0 aliphatic carbocycles. The van der Waals surface area contributed by atoms with Crippen molar-refractivity contribution in [2.75, 3.05) is 11.9 Å². The number of hydrogen-bond acceptors (Lipinski definition) is 5. The maximum absolute atomic E-state index is 13.4.